The Labute approximate surface area is 159 Å². The van der Waals surface area contributed by atoms with Gasteiger partial charge in [-0.15, -0.1) is 0 Å². The van der Waals surface area contributed by atoms with Gasteiger partial charge in [-0.3, -0.25) is 4.79 Å². The Morgan fingerprint density at radius 2 is 1.78 bits per heavy atom. The summed E-state index contributed by atoms with van der Waals surface area (Å²) in [4.78, 5) is 16.9. The molecule has 2 aromatic rings. The van der Waals surface area contributed by atoms with Crippen LogP contribution in [0.25, 0.3) is 0 Å². The van der Waals surface area contributed by atoms with E-state index < -0.39 is 0 Å². The molecule has 2 aromatic carbocycles. The minimum atomic E-state index is -0.288. The predicted octanol–water partition coefficient (Wildman–Crippen LogP) is 2.24. The maximum Gasteiger partial charge on any atom is 0.261 e. The van der Waals surface area contributed by atoms with Gasteiger partial charge in [-0.2, -0.15) is 0 Å². The first-order chi connectivity index (χ1) is 13.1. The number of rotatable bonds is 10. The van der Waals surface area contributed by atoms with Crippen LogP contribution < -0.4 is 20.5 Å². The first-order valence-corrected chi connectivity index (χ1v) is 8.58. The first kappa shape index (κ1) is 20.1. The molecule has 0 aliphatic rings. The molecular formula is C20H25N3O4. The predicted molar refractivity (Wildman–Crippen MR) is 104 cm³/mol. The van der Waals surface area contributed by atoms with Crippen molar-refractivity contribution >= 4 is 11.7 Å². The largest absolute Gasteiger partial charge is 0.493 e. The lowest BCUT2D eigenvalue weighted by molar-refractivity contribution is -0.125. The number of benzene rings is 2. The van der Waals surface area contributed by atoms with Gasteiger partial charge in [0.05, 0.1) is 14.2 Å². The van der Waals surface area contributed by atoms with Crippen molar-refractivity contribution in [1.82, 2.24) is 5.32 Å². The summed E-state index contributed by atoms with van der Waals surface area (Å²) in [6, 6.07) is 15.4. The molecule has 0 aliphatic carbocycles. The molecule has 0 spiro atoms. The van der Waals surface area contributed by atoms with E-state index in [0.29, 0.717) is 30.3 Å². The van der Waals surface area contributed by atoms with Crippen LogP contribution in [0.1, 0.15) is 17.5 Å². The van der Waals surface area contributed by atoms with E-state index in [-0.39, 0.29) is 12.5 Å². The van der Waals surface area contributed by atoms with Gasteiger partial charge in [0.15, 0.2) is 18.1 Å². The van der Waals surface area contributed by atoms with Gasteiger partial charge in [0.1, 0.15) is 5.84 Å². The van der Waals surface area contributed by atoms with Crippen molar-refractivity contribution in [3.63, 3.8) is 0 Å². The maximum absolute atomic E-state index is 11.9. The van der Waals surface area contributed by atoms with E-state index >= 15 is 0 Å². The second-order valence-electron chi connectivity index (χ2n) is 5.81. The van der Waals surface area contributed by atoms with E-state index in [1.807, 2.05) is 36.4 Å². The number of ether oxygens (including phenoxy) is 2. The highest BCUT2D eigenvalue weighted by atomic mass is 16.6. The van der Waals surface area contributed by atoms with Gasteiger partial charge in [-0.25, -0.2) is 0 Å². The molecule has 0 aromatic heterocycles. The van der Waals surface area contributed by atoms with Crippen molar-refractivity contribution in [1.29, 1.82) is 0 Å². The fourth-order valence-electron chi connectivity index (χ4n) is 2.38. The van der Waals surface area contributed by atoms with Crippen LogP contribution in [-0.4, -0.2) is 32.6 Å². The number of hydrogen-bond acceptors (Lipinski definition) is 5. The maximum atomic E-state index is 11.9. The number of carbonyl (C=O) groups excluding carboxylic acids is 1. The van der Waals surface area contributed by atoms with E-state index in [1.165, 1.54) is 5.56 Å². The molecule has 7 heteroatoms. The minimum Gasteiger partial charge on any atom is -0.493 e. The van der Waals surface area contributed by atoms with Gasteiger partial charge >= 0.3 is 0 Å². The number of aryl methyl sites for hydroxylation is 1. The van der Waals surface area contributed by atoms with Gasteiger partial charge in [-0.1, -0.05) is 41.6 Å². The fraction of sp³-hybridized carbons (Fsp3) is 0.300. The lowest BCUT2D eigenvalue weighted by Gasteiger charge is -2.10. The lowest BCUT2D eigenvalue weighted by atomic mass is 10.1. The van der Waals surface area contributed by atoms with Crippen LogP contribution in [0.3, 0.4) is 0 Å². The molecule has 0 saturated carbocycles. The van der Waals surface area contributed by atoms with Crippen molar-refractivity contribution in [2.24, 2.45) is 10.9 Å². The molecule has 0 radical (unpaired) electrons. The summed E-state index contributed by atoms with van der Waals surface area (Å²) >= 11 is 0. The summed E-state index contributed by atoms with van der Waals surface area (Å²) in [5.41, 5.74) is 7.85. The first-order valence-electron chi connectivity index (χ1n) is 8.58. The number of methoxy groups -OCH3 is 2. The molecule has 0 bridgehead atoms. The van der Waals surface area contributed by atoms with E-state index in [2.05, 4.69) is 10.5 Å². The van der Waals surface area contributed by atoms with Crippen molar-refractivity contribution in [3.8, 4) is 11.5 Å². The molecule has 2 rings (SSSR count). The van der Waals surface area contributed by atoms with E-state index in [4.69, 9.17) is 20.0 Å². The molecule has 7 nitrogen and oxygen atoms in total. The molecule has 27 heavy (non-hydrogen) atoms. The van der Waals surface area contributed by atoms with Crippen LogP contribution in [-0.2, 0) is 22.6 Å². The van der Waals surface area contributed by atoms with Gasteiger partial charge in [0.2, 0.25) is 0 Å². The van der Waals surface area contributed by atoms with Crippen molar-refractivity contribution in [2.45, 2.75) is 19.4 Å². The molecule has 0 heterocycles. The summed E-state index contributed by atoms with van der Waals surface area (Å²) in [6.45, 7) is 0.148. The molecule has 0 saturated heterocycles. The summed E-state index contributed by atoms with van der Waals surface area (Å²) in [7, 11) is 3.14. The summed E-state index contributed by atoms with van der Waals surface area (Å²) in [5.74, 6) is 1.31. The molecule has 0 aliphatic heterocycles. The molecular weight excluding hydrogens is 346 g/mol. The smallest absolute Gasteiger partial charge is 0.261 e. The summed E-state index contributed by atoms with van der Waals surface area (Å²) < 4.78 is 10.4. The van der Waals surface area contributed by atoms with Crippen LogP contribution in [0.15, 0.2) is 53.7 Å². The highest BCUT2D eigenvalue weighted by Crippen LogP contribution is 2.27. The van der Waals surface area contributed by atoms with Gasteiger partial charge in [0, 0.05) is 13.0 Å². The number of nitrogens with one attached hydrogen (secondary N) is 1. The normalized spacial score (nSPS) is 11.0. The number of amidine groups is 1. The Bertz CT molecular complexity index is 763. The third-order valence-corrected chi connectivity index (χ3v) is 3.83. The second kappa shape index (κ2) is 10.7. The average molecular weight is 371 g/mol. The number of carbonyl (C=O) groups is 1. The van der Waals surface area contributed by atoms with Crippen LogP contribution in [0.5, 0.6) is 11.5 Å². The Balaban J connectivity index is 1.71. The second-order valence-corrected chi connectivity index (χ2v) is 5.81. The lowest BCUT2D eigenvalue weighted by Crippen LogP contribution is -2.27. The number of nitrogens with zero attached hydrogens (tertiary/aromatic N) is 1. The number of nitrogens with two attached hydrogens (primary N) is 1. The monoisotopic (exact) mass is 371 g/mol. The molecule has 144 valence electrons. The van der Waals surface area contributed by atoms with Gasteiger partial charge < -0.3 is 25.4 Å². The highest BCUT2D eigenvalue weighted by Gasteiger charge is 2.07. The third kappa shape index (κ3) is 6.89. The van der Waals surface area contributed by atoms with Gasteiger partial charge in [0.25, 0.3) is 5.91 Å². The zero-order chi connectivity index (χ0) is 19.5. The Morgan fingerprint density at radius 1 is 1.04 bits per heavy atom. The van der Waals surface area contributed by atoms with Crippen molar-refractivity contribution in [2.75, 3.05) is 20.8 Å². The van der Waals surface area contributed by atoms with Crippen LogP contribution >= 0.6 is 0 Å². The van der Waals surface area contributed by atoms with Crippen LogP contribution in [0.2, 0.25) is 0 Å². The zero-order valence-corrected chi connectivity index (χ0v) is 15.6. The quantitative estimate of drug-likeness (QED) is 0.379. The van der Waals surface area contributed by atoms with Crippen LogP contribution in [0.4, 0.5) is 0 Å². The Morgan fingerprint density at radius 3 is 2.48 bits per heavy atom. The number of oxime groups is 1. The summed E-state index contributed by atoms with van der Waals surface area (Å²) in [5, 5.41) is 6.53. The van der Waals surface area contributed by atoms with E-state index in [0.717, 1.165) is 12.0 Å². The Hall–Kier alpha value is -3.22. The van der Waals surface area contributed by atoms with E-state index in [1.54, 1.807) is 26.4 Å². The average Bonchev–Trinajstić information content (AvgIpc) is 2.71. The molecule has 0 atom stereocenters. The number of amides is 1. The Kier molecular flexibility index (Phi) is 7.96. The van der Waals surface area contributed by atoms with Gasteiger partial charge in [-0.05, 0) is 29.7 Å². The standard InChI is InChI=1S/C20H25N3O4/c1-25-17-10-8-16(12-18(17)26-2)13-22-20(24)14-27-23-19(21)11-9-15-6-4-3-5-7-15/h3-8,10,12H,9,11,13-14H2,1-2H3,(H2,21,23)(H,22,24). The number of hydrogen-bond donors (Lipinski definition) is 2. The van der Waals surface area contributed by atoms with Crippen molar-refractivity contribution in [3.05, 3.63) is 59.7 Å². The fourth-order valence-corrected chi connectivity index (χ4v) is 2.38. The molecule has 0 fully saturated rings. The van der Waals surface area contributed by atoms with E-state index in [9.17, 15) is 4.79 Å². The molecule has 0 unspecified atom stereocenters. The topological polar surface area (TPSA) is 95.2 Å². The van der Waals surface area contributed by atoms with Crippen LogP contribution in [0, 0.1) is 0 Å². The minimum absolute atomic E-state index is 0.195. The summed E-state index contributed by atoms with van der Waals surface area (Å²) in [6.07, 6.45) is 1.34. The zero-order valence-electron chi connectivity index (χ0n) is 15.6. The SMILES string of the molecule is COc1ccc(CNC(=O)CO/N=C(\N)CCc2ccccc2)cc1OC. The molecule has 1 amide bonds. The van der Waals surface area contributed by atoms with Crippen molar-refractivity contribution < 1.29 is 19.1 Å². The third-order valence-electron chi connectivity index (χ3n) is 3.83. The highest BCUT2D eigenvalue weighted by molar-refractivity contribution is 5.80. The molecule has 3 N–H and O–H groups in total.